The normalized spacial score (nSPS) is 12.7. The van der Waals surface area contributed by atoms with Crippen molar-refractivity contribution in [2.45, 2.75) is 10.6 Å². The van der Waals surface area contributed by atoms with Crippen LogP contribution in [0.4, 0.5) is 0 Å². The molecule has 0 aliphatic carbocycles. The third-order valence-electron chi connectivity index (χ3n) is 10.2. The lowest BCUT2D eigenvalue weighted by Crippen LogP contribution is -2.74. The van der Waals surface area contributed by atoms with E-state index in [1.54, 1.807) is 0 Å². The highest BCUT2D eigenvalue weighted by Gasteiger charge is 2.41. The van der Waals surface area contributed by atoms with Gasteiger partial charge in [-0.3, -0.25) is 4.57 Å². The Labute approximate surface area is 290 Å². The van der Waals surface area contributed by atoms with Gasteiger partial charge in [0.2, 0.25) is 0 Å². The number of fused-ring (bicyclic) bond motifs is 8. The molecule has 0 N–H and O–H groups in total. The van der Waals surface area contributed by atoms with Gasteiger partial charge in [-0.2, -0.15) is 0 Å². The van der Waals surface area contributed by atoms with Crippen molar-refractivity contribution in [1.82, 2.24) is 14.1 Å². The number of hydrogen-bond donors (Lipinski definition) is 0. The number of para-hydroxylation sites is 2. The van der Waals surface area contributed by atoms with Crippen LogP contribution < -0.4 is 20.7 Å². The Bertz CT molecular complexity index is 2560. The minimum Gasteiger partial charge on any atom is -0.309 e. The summed E-state index contributed by atoms with van der Waals surface area (Å²) in [6.45, 7) is 0. The number of imidazole rings is 1. The molecular weight excluding hydrogens is 631 g/mol. The van der Waals surface area contributed by atoms with Crippen molar-refractivity contribution < 1.29 is 0 Å². The summed E-state index contributed by atoms with van der Waals surface area (Å²) in [6, 6.07) is 65.0. The van der Waals surface area contributed by atoms with Crippen molar-refractivity contribution >= 4 is 73.4 Å². The molecule has 0 radical (unpaired) electrons. The molecule has 0 spiro atoms. The Morgan fingerprint density at radius 2 is 1.08 bits per heavy atom. The van der Waals surface area contributed by atoms with Gasteiger partial charge >= 0.3 is 0 Å². The lowest BCUT2D eigenvalue weighted by atomic mass is 10.1. The summed E-state index contributed by atoms with van der Waals surface area (Å²) in [6.07, 6.45) is 0. The predicted molar refractivity (Wildman–Crippen MR) is 209 cm³/mol. The maximum absolute atomic E-state index is 5.19. The van der Waals surface area contributed by atoms with Gasteiger partial charge in [-0.15, -0.1) is 11.8 Å². The Morgan fingerprint density at radius 1 is 0.469 bits per heavy atom. The van der Waals surface area contributed by atoms with Crippen LogP contribution in [0.5, 0.6) is 0 Å². The van der Waals surface area contributed by atoms with Gasteiger partial charge in [-0.05, 0) is 63.2 Å². The first-order chi connectivity index (χ1) is 24.3. The number of aromatic nitrogens is 3. The van der Waals surface area contributed by atoms with Crippen LogP contribution in [0.3, 0.4) is 0 Å². The van der Waals surface area contributed by atoms with Gasteiger partial charge in [0.1, 0.15) is 5.82 Å². The molecule has 2 aromatic heterocycles. The van der Waals surface area contributed by atoms with Crippen molar-refractivity contribution in [2.75, 3.05) is 0 Å². The zero-order valence-electron chi connectivity index (χ0n) is 26.7. The first-order valence-electron chi connectivity index (χ1n) is 16.7. The molecule has 1 aliphatic rings. The topological polar surface area (TPSA) is 22.8 Å². The Balaban J connectivity index is 1.26. The van der Waals surface area contributed by atoms with E-state index < -0.39 is 8.07 Å². The van der Waals surface area contributed by atoms with E-state index in [0.29, 0.717) is 0 Å². The van der Waals surface area contributed by atoms with Gasteiger partial charge in [0.05, 0.1) is 33.5 Å². The number of nitrogens with zero attached hydrogens (tertiary/aromatic N) is 3. The second-order valence-electron chi connectivity index (χ2n) is 12.7. The van der Waals surface area contributed by atoms with Gasteiger partial charge in [0.25, 0.3) is 0 Å². The molecule has 0 atom stereocenters. The van der Waals surface area contributed by atoms with Gasteiger partial charge in [0.15, 0.2) is 8.07 Å². The summed E-state index contributed by atoms with van der Waals surface area (Å²) in [5.41, 5.74) is 6.92. The molecule has 0 fully saturated rings. The molecule has 3 nitrogen and oxygen atoms in total. The molecule has 0 saturated carbocycles. The molecule has 0 unspecified atom stereocenters. The summed E-state index contributed by atoms with van der Waals surface area (Å²) in [4.78, 5) is 6.50. The molecule has 10 rings (SSSR count). The van der Waals surface area contributed by atoms with E-state index in [4.69, 9.17) is 4.98 Å². The van der Waals surface area contributed by atoms with E-state index in [1.165, 1.54) is 53.1 Å². The molecule has 0 amide bonds. The average Bonchev–Trinajstić information content (AvgIpc) is 3.72. The van der Waals surface area contributed by atoms with Crippen LogP contribution in [-0.4, -0.2) is 22.2 Å². The lowest BCUT2D eigenvalue weighted by molar-refractivity contribution is 0.945. The van der Waals surface area contributed by atoms with Crippen LogP contribution in [-0.2, 0) is 5.75 Å². The third-order valence-corrected chi connectivity index (χ3v) is 16.0. The molecular formula is C44H31N3SSi. The van der Waals surface area contributed by atoms with Crippen LogP contribution in [0.25, 0.3) is 44.2 Å². The van der Waals surface area contributed by atoms with Gasteiger partial charge < -0.3 is 4.57 Å². The first-order valence-corrected chi connectivity index (χ1v) is 19.7. The van der Waals surface area contributed by atoms with Crippen molar-refractivity contribution in [3.8, 4) is 11.4 Å². The SMILES string of the molecule is c1ccc([Si](c2ccccc2)(c2ccccc2)c2ccc3c4ccccc4n(-c4ccc5c(c4)nc4n5-c5ccccc5SC4)c3c2)cc1. The van der Waals surface area contributed by atoms with Crippen molar-refractivity contribution in [1.29, 1.82) is 0 Å². The van der Waals surface area contributed by atoms with E-state index in [0.717, 1.165) is 28.3 Å². The Morgan fingerprint density at radius 3 is 1.80 bits per heavy atom. The minimum atomic E-state index is -2.71. The highest BCUT2D eigenvalue weighted by Crippen LogP contribution is 2.38. The van der Waals surface area contributed by atoms with Crippen LogP contribution in [0, 0.1) is 0 Å². The summed E-state index contributed by atoms with van der Waals surface area (Å²) in [5.74, 6) is 1.97. The lowest BCUT2D eigenvalue weighted by Gasteiger charge is -2.34. The van der Waals surface area contributed by atoms with Gasteiger partial charge in [0, 0.05) is 21.4 Å². The largest absolute Gasteiger partial charge is 0.309 e. The first kappa shape index (κ1) is 28.4. The predicted octanol–water partition coefficient (Wildman–Crippen LogP) is 8.11. The van der Waals surface area contributed by atoms with Crippen LogP contribution >= 0.6 is 11.8 Å². The number of hydrogen-bond acceptors (Lipinski definition) is 2. The monoisotopic (exact) mass is 661 g/mol. The zero-order chi connectivity index (χ0) is 32.4. The Kier molecular flexibility index (Phi) is 6.51. The van der Waals surface area contributed by atoms with Crippen LogP contribution in [0.1, 0.15) is 5.82 Å². The molecule has 49 heavy (non-hydrogen) atoms. The maximum Gasteiger partial charge on any atom is 0.179 e. The fourth-order valence-corrected chi connectivity index (χ4v) is 13.8. The van der Waals surface area contributed by atoms with Crippen molar-refractivity contribution in [3.05, 3.63) is 182 Å². The molecule has 9 aromatic rings. The maximum atomic E-state index is 5.19. The summed E-state index contributed by atoms with van der Waals surface area (Å²) in [7, 11) is -2.71. The molecule has 0 saturated heterocycles. The molecule has 0 bridgehead atoms. The van der Waals surface area contributed by atoms with E-state index in [-0.39, 0.29) is 0 Å². The molecule has 7 aromatic carbocycles. The van der Waals surface area contributed by atoms with E-state index >= 15 is 0 Å². The van der Waals surface area contributed by atoms with Crippen LogP contribution in [0.2, 0.25) is 0 Å². The number of rotatable bonds is 5. The quantitative estimate of drug-likeness (QED) is 0.137. The highest BCUT2D eigenvalue weighted by atomic mass is 32.2. The van der Waals surface area contributed by atoms with E-state index in [2.05, 4.69) is 185 Å². The van der Waals surface area contributed by atoms with E-state index in [9.17, 15) is 0 Å². The summed E-state index contributed by atoms with van der Waals surface area (Å²) >= 11 is 1.87. The second kappa shape index (κ2) is 11.2. The van der Waals surface area contributed by atoms with Gasteiger partial charge in [-0.1, -0.05) is 133 Å². The van der Waals surface area contributed by atoms with Crippen molar-refractivity contribution in [2.24, 2.45) is 0 Å². The summed E-state index contributed by atoms with van der Waals surface area (Å²) in [5, 5.41) is 7.99. The number of benzene rings is 7. The minimum absolute atomic E-state index is 0.866. The fourth-order valence-electron chi connectivity index (χ4n) is 8.08. The summed E-state index contributed by atoms with van der Waals surface area (Å²) < 4.78 is 4.79. The smallest absolute Gasteiger partial charge is 0.179 e. The second-order valence-corrected chi connectivity index (χ2v) is 17.6. The van der Waals surface area contributed by atoms with Gasteiger partial charge in [-0.25, -0.2) is 4.98 Å². The molecule has 3 heterocycles. The Hall–Kier alpha value is -5.62. The van der Waals surface area contributed by atoms with Crippen molar-refractivity contribution in [3.63, 3.8) is 0 Å². The standard InChI is InChI=1S/C44H31N3SSi/c1-4-14-32(15-5-1)49(33-16-6-2-7-17-33,34-18-8-3-9-19-34)35-25-26-37-36-20-10-11-21-39(36)46(42(37)29-35)31-24-27-40-38(28-31)45-44-30-48-43-23-13-12-22-41(43)47(40)44/h1-29H,30H2. The van der Waals surface area contributed by atoms with Crippen LogP contribution in [0.15, 0.2) is 181 Å². The third kappa shape index (κ3) is 4.26. The molecule has 232 valence electrons. The highest BCUT2D eigenvalue weighted by molar-refractivity contribution is 7.98. The fraction of sp³-hybridized carbons (Fsp3) is 0.0227. The molecule has 1 aliphatic heterocycles. The number of thioether (sulfide) groups is 1. The van der Waals surface area contributed by atoms with E-state index in [1.807, 2.05) is 11.8 Å². The average molecular weight is 662 g/mol. The molecule has 5 heteroatoms. The zero-order valence-corrected chi connectivity index (χ0v) is 28.5.